The van der Waals surface area contributed by atoms with Crippen LogP contribution in [0.1, 0.15) is 25.3 Å². The van der Waals surface area contributed by atoms with Crippen LogP contribution in [0.15, 0.2) is 66.9 Å². The molecule has 2 aromatic carbocycles. The van der Waals surface area contributed by atoms with Crippen molar-refractivity contribution < 1.29 is 0 Å². The van der Waals surface area contributed by atoms with Crippen LogP contribution in [0.2, 0.25) is 0 Å². The normalized spacial score (nSPS) is 11.4. The van der Waals surface area contributed by atoms with Crippen molar-refractivity contribution in [3.8, 4) is 11.1 Å². The number of nitrogens with zero attached hydrogens (tertiary/aromatic N) is 1. The standard InChI is InChI=1S/C22H20IN/c1-2-3-7-16-11-13-17(14-12-16)21-20-10-6-15-24(20)19-9-5-4-8-18(19)22(21)23/h4-6,8-15H,2-3,7H2,1H3. The minimum atomic E-state index is 1.17. The van der Waals surface area contributed by atoms with E-state index in [0.717, 1.165) is 0 Å². The van der Waals surface area contributed by atoms with E-state index in [1.54, 1.807) is 0 Å². The van der Waals surface area contributed by atoms with Crippen LogP contribution in [0.5, 0.6) is 0 Å². The number of para-hydroxylation sites is 1. The summed E-state index contributed by atoms with van der Waals surface area (Å²) in [6.45, 7) is 2.25. The molecular formula is C22H20IN. The molecule has 24 heavy (non-hydrogen) atoms. The average molecular weight is 425 g/mol. The number of aromatic nitrogens is 1. The summed E-state index contributed by atoms with van der Waals surface area (Å²) in [4.78, 5) is 0. The van der Waals surface area contributed by atoms with Crippen molar-refractivity contribution in [2.24, 2.45) is 0 Å². The van der Waals surface area contributed by atoms with E-state index in [0.29, 0.717) is 0 Å². The molecule has 2 aromatic heterocycles. The molecule has 0 saturated carbocycles. The van der Waals surface area contributed by atoms with Gasteiger partial charge in [0.1, 0.15) is 0 Å². The summed E-state index contributed by atoms with van der Waals surface area (Å²) in [5.74, 6) is 0. The third kappa shape index (κ3) is 2.63. The molecule has 0 spiro atoms. The van der Waals surface area contributed by atoms with Gasteiger partial charge in [-0.2, -0.15) is 0 Å². The third-order valence-electron chi connectivity index (χ3n) is 4.69. The number of fused-ring (bicyclic) bond motifs is 3. The summed E-state index contributed by atoms with van der Waals surface area (Å²) in [6.07, 6.45) is 5.84. The SMILES string of the molecule is CCCCc1ccc(-c2c(I)c3ccccc3n3cccc23)cc1. The molecule has 0 aliphatic rings. The molecule has 4 aromatic rings. The first-order valence-corrected chi connectivity index (χ1v) is 9.64. The fourth-order valence-electron chi connectivity index (χ4n) is 3.40. The number of aryl methyl sites for hydroxylation is 1. The Labute approximate surface area is 156 Å². The van der Waals surface area contributed by atoms with Crippen molar-refractivity contribution >= 4 is 39.0 Å². The van der Waals surface area contributed by atoms with Gasteiger partial charge in [-0.05, 0) is 64.8 Å². The molecule has 1 nitrogen and oxygen atoms in total. The summed E-state index contributed by atoms with van der Waals surface area (Å²) >= 11 is 2.51. The van der Waals surface area contributed by atoms with Gasteiger partial charge in [-0.15, -0.1) is 0 Å². The van der Waals surface area contributed by atoms with Crippen molar-refractivity contribution in [3.63, 3.8) is 0 Å². The van der Waals surface area contributed by atoms with E-state index < -0.39 is 0 Å². The minimum Gasteiger partial charge on any atom is -0.316 e. The second-order valence-corrected chi connectivity index (χ2v) is 7.35. The van der Waals surface area contributed by atoms with Crippen LogP contribution in [-0.4, -0.2) is 4.40 Å². The fraction of sp³-hybridized carbons (Fsp3) is 0.182. The number of hydrogen-bond donors (Lipinski definition) is 0. The molecule has 2 heteroatoms. The van der Waals surface area contributed by atoms with Crippen LogP contribution in [0, 0.1) is 3.57 Å². The highest BCUT2D eigenvalue weighted by Gasteiger charge is 2.13. The van der Waals surface area contributed by atoms with Crippen molar-refractivity contribution in [2.45, 2.75) is 26.2 Å². The topological polar surface area (TPSA) is 4.41 Å². The highest BCUT2D eigenvalue weighted by Crippen LogP contribution is 2.36. The lowest BCUT2D eigenvalue weighted by molar-refractivity contribution is 0.795. The quantitative estimate of drug-likeness (QED) is 0.320. The summed E-state index contributed by atoms with van der Waals surface area (Å²) < 4.78 is 3.63. The molecule has 0 fully saturated rings. The van der Waals surface area contributed by atoms with E-state index in [2.05, 4.69) is 101 Å². The molecule has 0 unspecified atom stereocenters. The van der Waals surface area contributed by atoms with Crippen LogP contribution >= 0.6 is 22.6 Å². The second-order valence-electron chi connectivity index (χ2n) is 6.27. The highest BCUT2D eigenvalue weighted by atomic mass is 127. The molecule has 4 rings (SSSR count). The molecule has 0 amide bonds. The third-order valence-corrected chi connectivity index (χ3v) is 5.81. The van der Waals surface area contributed by atoms with Crippen molar-refractivity contribution in [1.82, 2.24) is 4.40 Å². The zero-order valence-electron chi connectivity index (χ0n) is 13.8. The minimum absolute atomic E-state index is 1.17. The first-order valence-electron chi connectivity index (χ1n) is 8.56. The van der Waals surface area contributed by atoms with Crippen LogP contribution < -0.4 is 0 Å². The van der Waals surface area contributed by atoms with Gasteiger partial charge >= 0.3 is 0 Å². The zero-order chi connectivity index (χ0) is 16.5. The van der Waals surface area contributed by atoms with E-state index in [1.807, 2.05) is 0 Å². The van der Waals surface area contributed by atoms with Crippen LogP contribution in [0.4, 0.5) is 0 Å². The maximum absolute atomic E-state index is 2.51. The monoisotopic (exact) mass is 425 g/mol. The first kappa shape index (κ1) is 15.7. The Bertz CT molecular complexity index is 996. The molecule has 0 bridgehead atoms. The predicted molar refractivity (Wildman–Crippen MR) is 112 cm³/mol. The van der Waals surface area contributed by atoms with Gasteiger partial charge in [0.05, 0.1) is 11.0 Å². The molecular weight excluding hydrogens is 405 g/mol. The lowest BCUT2D eigenvalue weighted by atomic mass is 10.00. The molecule has 0 radical (unpaired) electrons. The Morgan fingerprint density at radius 1 is 0.875 bits per heavy atom. The maximum atomic E-state index is 2.51. The van der Waals surface area contributed by atoms with Gasteiger partial charge in [0.2, 0.25) is 0 Å². The zero-order valence-corrected chi connectivity index (χ0v) is 16.0. The Hall–Kier alpha value is -1.81. The Morgan fingerprint density at radius 3 is 2.42 bits per heavy atom. The van der Waals surface area contributed by atoms with E-state index in [9.17, 15) is 0 Å². The van der Waals surface area contributed by atoms with Gasteiger partial charge in [0.15, 0.2) is 0 Å². The number of pyridine rings is 1. The second kappa shape index (κ2) is 6.60. The molecule has 0 atom stereocenters. The summed E-state index contributed by atoms with van der Waals surface area (Å²) in [5.41, 5.74) is 6.61. The largest absolute Gasteiger partial charge is 0.316 e. The Kier molecular flexibility index (Phi) is 4.31. The van der Waals surface area contributed by atoms with E-state index >= 15 is 0 Å². The first-order chi connectivity index (χ1) is 11.8. The number of unbranched alkanes of at least 4 members (excludes halogenated alkanes) is 1. The predicted octanol–water partition coefficient (Wildman–Crippen LogP) is 6.71. The summed E-state index contributed by atoms with van der Waals surface area (Å²) in [5, 5.41) is 1.31. The molecule has 0 N–H and O–H groups in total. The molecule has 0 aliphatic carbocycles. The van der Waals surface area contributed by atoms with Gasteiger partial charge < -0.3 is 4.40 Å². The lowest BCUT2D eigenvalue weighted by Gasteiger charge is -2.13. The number of benzene rings is 2. The number of rotatable bonds is 4. The summed E-state index contributed by atoms with van der Waals surface area (Å²) in [6, 6.07) is 22.1. The Balaban J connectivity index is 1.92. The fourth-order valence-corrected chi connectivity index (χ4v) is 4.45. The van der Waals surface area contributed by atoms with Crippen molar-refractivity contribution in [3.05, 3.63) is 76.0 Å². The van der Waals surface area contributed by atoms with Crippen LogP contribution in [0.3, 0.4) is 0 Å². The van der Waals surface area contributed by atoms with E-state index in [1.165, 1.54) is 55.9 Å². The van der Waals surface area contributed by atoms with Crippen molar-refractivity contribution in [2.75, 3.05) is 0 Å². The summed E-state index contributed by atoms with van der Waals surface area (Å²) in [7, 11) is 0. The van der Waals surface area contributed by atoms with Crippen LogP contribution in [0.25, 0.3) is 27.5 Å². The van der Waals surface area contributed by atoms with E-state index in [4.69, 9.17) is 0 Å². The molecule has 2 heterocycles. The maximum Gasteiger partial charge on any atom is 0.0545 e. The average Bonchev–Trinajstić information content (AvgIpc) is 3.11. The van der Waals surface area contributed by atoms with Gasteiger partial charge in [-0.1, -0.05) is 55.8 Å². The van der Waals surface area contributed by atoms with E-state index in [-0.39, 0.29) is 0 Å². The smallest absolute Gasteiger partial charge is 0.0545 e. The lowest BCUT2D eigenvalue weighted by Crippen LogP contribution is -1.95. The number of hydrogen-bond acceptors (Lipinski definition) is 0. The van der Waals surface area contributed by atoms with Gasteiger partial charge in [-0.25, -0.2) is 0 Å². The van der Waals surface area contributed by atoms with Crippen molar-refractivity contribution in [1.29, 1.82) is 0 Å². The van der Waals surface area contributed by atoms with Crippen LogP contribution in [-0.2, 0) is 6.42 Å². The molecule has 0 saturated heterocycles. The Morgan fingerprint density at radius 2 is 1.62 bits per heavy atom. The van der Waals surface area contributed by atoms with Gasteiger partial charge in [0.25, 0.3) is 0 Å². The molecule has 0 aliphatic heterocycles. The highest BCUT2D eigenvalue weighted by molar-refractivity contribution is 14.1. The molecule has 120 valence electrons. The number of halogens is 1. The van der Waals surface area contributed by atoms with Gasteiger partial charge in [0, 0.05) is 20.7 Å². The van der Waals surface area contributed by atoms with Gasteiger partial charge in [-0.3, -0.25) is 0 Å².